The summed E-state index contributed by atoms with van der Waals surface area (Å²) in [5, 5.41) is 29.4. The van der Waals surface area contributed by atoms with Crippen molar-refractivity contribution < 1.29 is 14.6 Å². The maximum atomic E-state index is 12.5. The Morgan fingerprint density at radius 3 is 2.10 bits per heavy atom. The standard InChI is InChI=1S/C17H10Cl3N5O5/c18-13-2-1-3-14(19)12(13)7-23-8-15(20)16(22-23)21-17(26)9-4-10(24(27)28)6-11(5-9)25(29)30/h1-6,8H,7H2,(H,21,22,26). The van der Waals surface area contributed by atoms with Crippen molar-refractivity contribution in [3.8, 4) is 0 Å². The van der Waals surface area contributed by atoms with Gasteiger partial charge in [0.25, 0.3) is 17.3 Å². The monoisotopic (exact) mass is 469 g/mol. The van der Waals surface area contributed by atoms with E-state index in [-0.39, 0.29) is 22.9 Å². The van der Waals surface area contributed by atoms with Gasteiger partial charge in [0.15, 0.2) is 5.82 Å². The maximum Gasteiger partial charge on any atom is 0.277 e. The van der Waals surface area contributed by atoms with Crippen molar-refractivity contribution in [1.29, 1.82) is 0 Å². The average Bonchev–Trinajstić information content (AvgIpc) is 3.03. The number of nitrogens with zero attached hydrogens (tertiary/aromatic N) is 4. The average molecular weight is 471 g/mol. The number of nitro benzene ring substituents is 2. The second kappa shape index (κ2) is 8.66. The van der Waals surface area contributed by atoms with Crippen molar-refractivity contribution in [3.05, 3.63) is 89.0 Å². The normalized spacial score (nSPS) is 10.6. The summed E-state index contributed by atoms with van der Waals surface area (Å²) in [4.78, 5) is 32.8. The number of hydrogen-bond donors (Lipinski definition) is 1. The summed E-state index contributed by atoms with van der Waals surface area (Å²) in [5.74, 6) is -0.899. The molecule has 10 nitrogen and oxygen atoms in total. The van der Waals surface area contributed by atoms with E-state index in [4.69, 9.17) is 34.8 Å². The molecule has 0 spiro atoms. The largest absolute Gasteiger partial charge is 0.304 e. The van der Waals surface area contributed by atoms with E-state index in [1.54, 1.807) is 18.2 Å². The molecule has 0 radical (unpaired) electrons. The van der Waals surface area contributed by atoms with Crippen molar-refractivity contribution in [3.63, 3.8) is 0 Å². The van der Waals surface area contributed by atoms with E-state index >= 15 is 0 Å². The second-order valence-electron chi connectivity index (χ2n) is 5.93. The number of anilines is 1. The molecule has 3 aromatic rings. The molecule has 0 aliphatic heterocycles. The molecule has 13 heteroatoms. The van der Waals surface area contributed by atoms with Crippen LogP contribution >= 0.6 is 34.8 Å². The van der Waals surface area contributed by atoms with Gasteiger partial charge in [-0.2, -0.15) is 5.10 Å². The fourth-order valence-corrected chi connectivity index (χ4v) is 3.24. The number of aromatic nitrogens is 2. The van der Waals surface area contributed by atoms with E-state index in [2.05, 4.69) is 10.4 Å². The summed E-state index contributed by atoms with van der Waals surface area (Å²) in [6.45, 7) is 0.163. The van der Waals surface area contributed by atoms with E-state index < -0.39 is 27.1 Å². The van der Waals surface area contributed by atoms with Crippen LogP contribution in [0.4, 0.5) is 17.2 Å². The number of non-ortho nitro benzene ring substituents is 2. The van der Waals surface area contributed by atoms with Crippen LogP contribution in [0.3, 0.4) is 0 Å². The third-order valence-corrected chi connectivity index (χ3v) is 4.90. The van der Waals surface area contributed by atoms with E-state index in [1.807, 2.05) is 0 Å². The number of carbonyl (C=O) groups excluding carboxylic acids is 1. The fraction of sp³-hybridized carbons (Fsp3) is 0.0588. The van der Waals surface area contributed by atoms with Crippen LogP contribution in [-0.2, 0) is 6.54 Å². The van der Waals surface area contributed by atoms with Gasteiger partial charge in [-0.05, 0) is 12.1 Å². The number of benzene rings is 2. The van der Waals surface area contributed by atoms with Gasteiger partial charge in [-0.25, -0.2) is 0 Å². The molecule has 154 valence electrons. The van der Waals surface area contributed by atoms with Gasteiger partial charge in [-0.3, -0.25) is 29.7 Å². The van der Waals surface area contributed by atoms with Crippen molar-refractivity contribution in [2.24, 2.45) is 0 Å². The predicted octanol–water partition coefficient (Wildman–Crippen LogP) is 4.96. The van der Waals surface area contributed by atoms with E-state index in [9.17, 15) is 25.0 Å². The highest BCUT2D eigenvalue weighted by Crippen LogP contribution is 2.28. The molecular formula is C17H10Cl3N5O5. The van der Waals surface area contributed by atoms with Gasteiger partial charge in [-0.15, -0.1) is 0 Å². The third-order valence-electron chi connectivity index (χ3n) is 3.92. The molecule has 0 aliphatic rings. The summed E-state index contributed by atoms with van der Waals surface area (Å²) < 4.78 is 1.39. The van der Waals surface area contributed by atoms with Crippen molar-refractivity contribution in [2.45, 2.75) is 6.54 Å². The Hall–Kier alpha value is -3.21. The molecule has 0 atom stereocenters. The van der Waals surface area contributed by atoms with E-state index in [1.165, 1.54) is 10.9 Å². The van der Waals surface area contributed by atoms with Crippen molar-refractivity contribution >= 4 is 57.9 Å². The predicted molar refractivity (Wildman–Crippen MR) is 111 cm³/mol. The summed E-state index contributed by atoms with van der Waals surface area (Å²) in [6.07, 6.45) is 1.42. The highest BCUT2D eigenvalue weighted by atomic mass is 35.5. The van der Waals surface area contributed by atoms with Crippen molar-refractivity contribution in [1.82, 2.24) is 9.78 Å². The molecule has 0 bridgehead atoms. The smallest absolute Gasteiger partial charge is 0.277 e. The van der Waals surface area contributed by atoms with E-state index in [0.29, 0.717) is 15.6 Å². The molecule has 0 saturated heterocycles. The Balaban J connectivity index is 1.86. The first-order chi connectivity index (χ1) is 14.2. The van der Waals surface area contributed by atoms with Crippen LogP contribution in [0.1, 0.15) is 15.9 Å². The molecule has 0 saturated carbocycles. The molecule has 3 rings (SSSR count). The molecule has 1 amide bonds. The Bertz CT molecular complexity index is 1130. The lowest BCUT2D eigenvalue weighted by molar-refractivity contribution is -0.394. The number of hydrogen-bond acceptors (Lipinski definition) is 6. The SMILES string of the molecule is O=C(Nc1nn(Cc2c(Cl)cccc2Cl)cc1Cl)c1cc([N+](=O)[O-])cc([N+](=O)[O-])c1. The van der Waals surface area contributed by atoms with Crippen LogP contribution in [0.15, 0.2) is 42.6 Å². The van der Waals surface area contributed by atoms with Gasteiger partial charge in [0.05, 0.1) is 28.0 Å². The Morgan fingerprint density at radius 1 is 1.00 bits per heavy atom. The minimum atomic E-state index is -0.857. The zero-order chi connectivity index (χ0) is 22.0. The lowest BCUT2D eigenvalue weighted by Crippen LogP contribution is -2.14. The van der Waals surface area contributed by atoms with Gasteiger partial charge in [-0.1, -0.05) is 40.9 Å². The minimum Gasteiger partial charge on any atom is -0.304 e. The quantitative estimate of drug-likeness (QED) is 0.400. The highest BCUT2D eigenvalue weighted by molar-refractivity contribution is 6.36. The molecule has 30 heavy (non-hydrogen) atoms. The van der Waals surface area contributed by atoms with Gasteiger partial charge in [0, 0.05) is 33.9 Å². The minimum absolute atomic E-state index is 0.0426. The topological polar surface area (TPSA) is 133 Å². The third kappa shape index (κ3) is 4.67. The van der Waals surface area contributed by atoms with Crippen LogP contribution in [0.25, 0.3) is 0 Å². The molecular weight excluding hydrogens is 461 g/mol. The first-order valence-corrected chi connectivity index (χ1v) is 9.20. The van der Waals surface area contributed by atoms with Crippen LogP contribution in [0.2, 0.25) is 15.1 Å². The van der Waals surface area contributed by atoms with Crippen LogP contribution in [0, 0.1) is 20.2 Å². The fourth-order valence-electron chi connectivity index (χ4n) is 2.52. The van der Waals surface area contributed by atoms with E-state index in [0.717, 1.165) is 18.2 Å². The maximum absolute atomic E-state index is 12.5. The molecule has 1 aromatic heterocycles. The molecule has 0 unspecified atom stereocenters. The number of amides is 1. The number of nitrogens with one attached hydrogen (secondary N) is 1. The number of rotatable bonds is 6. The number of carbonyl (C=O) groups is 1. The summed E-state index contributed by atoms with van der Waals surface area (Å²) in [7, 11) is 0. The van der Waals surface area contributed by atoms with Gasteiger partial charge in [0.1, 0.15) is 5.02 Å². The Morgan fingerprint density at radius 2 is 1.57 bits per heavy atom. The highest BCUT2D eigenvalue weighted by Gasteiger charge is 2.21. The zero-order valence-electron chi connectivity index (χ0n) is 14.7. The van der Waals surface area contributed by atoms with Gasteiger partial charge >= 0.3 is 0 Å². The Kier molecular flexibility index (Phi) is 6.20. The van der Waals surface area contributed by atoms with Crippen molar-refractivity contribution in [2.75, 3.05) is 5.32 Å². The lowest BCUT2D eigenvalue weighted by Gasteiger charge is -2.07. The second-order valence-corrected chi connectivity index (χ2v) is 7.15. The van der Waals surface area contributed by atoms with Gasteiger partial charge < -0.3 is 5.32 Å². The molecule has 1 N–H and O–H groups in total. The van der Waals surface area contributed by atoms with Crippen LogP contribution in [0.5, 0.6) is 0 Å². The first-order valence-electron chi connectivity index (χ1n) is 8.06. The zero-order valence-corrected chi connectivity index (χ0v) is 17.0. The summed E-state index contributed by atoms with van der Waals surface area (Å²) >= 11 is 18.4. The molecule has 2 aromatic carbocycles. The first kappa shape index (κ1) is 21.5. The summed E-state index contributed by atoms with van der Waals surface area (Å²) in [6, 6.07) is 7.59. The van der Waals surface area contributed by atoms with Gasteiger partial charge in [0.2, 0.25) is 0 Å². The lowest BCUT2D eigenvalue weighted by atomic mass is 10.1. The number of nitro groups is 2. The van der Waals surface area contributed by atoms with Crippen LogP contribution < -0.4 is 5.32 Å². The summed E-state index contributed by atoms with van der Waals surface area (Å²) in [5.41, 5.74) is -0.901. The van der Waals surface area contributed by atoms with Crippen LogP contribution in [-0.4, -0.2) is 25.5 Å². The molecule has 0 fully saturated rings. The molecule has 1 heterocycles. The Labute approximate surface area is 183 Å². The molecule has 0 aliphatic carbocycles. The number of halogens is 3.